The summed E-state index contributed by atoms with van der Waals surface area (Å²) >= 11 is 4.76. The molecule has 0 saturated carbocycles. The largest absolute Gasteiger partial charge is 0.461 e. The van der Waals surface area contributed by atoms with Crippen LogP contribution in [0.5, 0.6) is 0 Å². The van der Waals surface area contributed by atoms with E-state index in [9.17, 15) is 9.59 Å². The standard InChI is InChI=1S/C7H9N3O3S/c1-3-13-6(11)4-5(14)8-7(12)10(2)9-4/h3H2,1-2H3,(H,8,12,14). The molecule has 1 aromatic rings. The van der Waals surface area contributed by atoms with Gasteiger partial charge in [-0.05, 0) is 6.92 Å². The van der Waals surface area contributed by atoms with Gasteiger partial charge in [0.2, 0.25) is 5.69 Å². The quantitative estimate of drug-likeness (QED) is 0.555. The molecular formula is C7H9N3O3S. The van der Waals surface area contributed by atoms with E-state index in [-0.39, 0.29) is 16.9 Å². The van der Waals surface area contributed by atoms with Crippen LogP contribution in [0.3, 0.4) is 0 Å². The maximum atomic E-state index is 11.2. The van der Waals surface area contributed by atoms with Crippen molar-refractivity contribution in [2.75, 3.05) is 6.61 Å². The van der Waals surface area contributed by atoms with Crippen molar-refractivity contribution in [3.8, 4) is 0 Å². The number of hydrogen-bond acceptors (Lipinski definition) is 5. The van der Waals surface area contributed by atoms with Crippen molar-refractivity contribution in [3.63, 3.8) is 0 Å². The van der Waals surface area contributed by atoms with E-state index in [1.807, 2.05) is 0 Å². The molecule has 76 valence electrons. The Hall–Kier alpha value is -1.50. The van der Waals surface area contributed by atoms with E-state index in [1.165, 1.54) is 7.05 Å². The molecule has 0 aliphatic heterocycles. The summed E-state index contributed by atoms with van der Waals surface area (Å²) in [6.45, 7) is 1.91. The summed E-state index contributed by atoms with van der Waals surface area (Å²) in [4.78, 5) is 24.5. The highest BCUT2D eigenvalue weighted by atomic mass is 32.1. The minimum Gasteiger partial charge on any atom is -0.461 e. The Balaban J connectivity index is 3.23. The van der Waals surface area contributed by atoms with Gasteiger partial charge in [-0.2, -0.15) is 5.10 Å². The Morgan fingerprint density at radius 1 is 1.71 bits per heavy atom. The van der Waals surface area contributed by atoms with Gasteiger partial charge in [-0.15, -0.1) is 0 Å². The summed E-state index contributed by atoms with van der Waals surface area (Å²) in [7, 11) is 1.41. The zero-order valence-electron chi connectivity index (χ0n) is 7.73. The molecule has 0 spiro atoms. The van der Waals surface area contributed by atoms with Crippen LogP contribution in [-0.4, -0.2) is 27.3 Å². The van der Waals surface area contributed by atoms with Gasteiger partial charge < -0.3 is 4.74 Å². The van der Waals surface area contributed by atoms with Crippen molar-refractivity contribution in [1.82, 2.24) is 14.8 Å². The monoisotopic (exact) mass is 215 g/mol. The van der Waals surface area contributed by atoms with Crippen LogP contribution in [0, 0.1) is 4.64 Å². The second-order valence-corrected chi connectivity index (χ2v) is 2.86. The lowest BCUT2D eigenvalue weighted by molar-refractivity contribution is 0.0515. The minimum atomic E-state index is -0.635. The number of H-pyrrole nitrogens is 1. The third-order valence-electron chi connectivity index (χ3n) is 1.45. The molecule has 1 N–H and O–H groups in total. The normalized spacial score (nSPS) is 9.86. The molecular weight excluding hydrogens is 206 g/mol. The number of aromatic amines is 1. The minimum absolute atomic E-state index is 0.00782. The fourth-order valence-corrected chi connectivity index (χ4v) is 1.02. The number of carbonyl (C=O) groups is 1. The van der Waals surface area contributed by atoms with Crippen molar-refractivity contribution in [1.29, 1.82) is 0 Å². The van der Waals surface area contributed by atoms with Gasteiger partial charge in [0.15, 0.2) is 0 Å². The number of ether oxygens (including phenoxy) is 1. The van der Waals surface area contributed by atoms with E-state index in [1.54, 1.807) is 6.92 Å². The van der Waals surface area contributed by atoms with Gasteiger partial charge >= 0.3 is 11.7 Å². The molecule has 1 rings (SSSR count). The van der Waals surface area contributed by atoms with Crippen LogP contribution in [0.4, 0.5) is 0 Å². The summed E-state index contributed by atoms with van der Waals surface area (Å²) < 4.78 is 5.68. The summed E-state index contributed by atoms with van der Waals surface area (Å²) in [5, 5.41) is 3.68. The molecule has 0 radical (unpaired) electrons. The molecule has 14 heavy (non-hydrogen) atoms. The second kappa shape index (κ2) is 4.14. The predicted octanol–water partition coefficient (Wildman–Crippen LogP) is 0.0146. The number of carbonyl (C=O) groups excluding carboxylic acids is 1. The summed E-state index contributed by atoms with van der Waals surface area (Å²) in [5.74, 6) is -0.635. The molecule has 1 heterocycles. The molecule has 0 amide bonds. The highest BCUT2D eigenvalue weighted by Gasteiger charge is 2.12. The van der Waals surface area contributed by atoms with Crippen molar-refractivity contribution in [3.05, 3.63) is 20.8 Å². The number of nitrogens with zero attached hydrogens (tertiary/aromatic N) is 2. The van der Waals surface area contributed by atoms with Gasteiger partial charge in [-0.1, -0.05) is 12.2 Å². The van der Waals surface area contributed by atoms with E-state index in [2.05, 4.69) is 10.1 Å². The third-order valence-corrected chi connectivity index (χ3v) is 1.74. The molecule has 0 fully saturated rings. The number of esters is 1. The molecule has 1 aromatic heterocycles. The Labute approximate surface area is 84.5 Å². The van der Waals surface area contributed by atoms with Crippen molar-refractivity contribution in [2.24, 2.45) is 7.05 Å². The molecule has 0 unspecified atom stereocenters. The fourth-order valence-electron chi connectivity index (χ4n) is 0.811. The second-order valence-electron chi connectivity index (χ2n) is 2.45. The molecule has 7 heteroatoms. The first-order valence-electron chi connectivity index (χ1n) is 3.91. The van der Waals surface area contributed by atoms with Gasteiger partial charge in [-0.25, -0.2) is 14.3 Å². The Morgan fingerprint density at radius 3 is 2.93 bits per heavy atom. The average Bonchev–Trinajstić information content (AvgIpc) is 2.11. The summed E-state index contributed by atoms with van der Waals surface area (Å²) in [6.07, 6.45) is 0. The van der Waals surface area contributed by atoms with Gasteiger partial charge in [0.05, 0.1) is 6.61 Å². The maximum absolute atomic E-state index is 11.2. The zero-order chi connectivity index (χ0) is 10.7. The van der Waals surface area contributed by atoms with Gasteiger partial charge in [0.25, 0.3) is 0 Å². The lowest BCUT2D eigenvalue weighted by Crippen LogP contribution is -2.26. The van der Waals surface area contributed by atoms with Crippen molar-refractivity contribution < 1.29 is 9.53 Å². The van der Waals surface area contributed by atoms with E-state index < -0.39 is 11.7 Å². The smallest absolute Gasteiger partial charge is 0.361 e. The van der Waals surface area contributed by atoms with Gasteiger partial charge in [0.1, 0.15) is 4.64 Å². The zero-order valence-corrected chi connectivity index (χ0v) is 8.55. The molecule has 6 nitrogen and oxygen atoms in total. The van der Waals surface area contributed by atoms with Crippen LogP contribution in [0.25, 0.3) is 0 Å². The highest BCUT2D eigenvalue weighted by molar-refractivity contribution is 7.71. The van der Waals surface area contributed by atoms with Crippen LogP contribution in [0.15, 0.2) is 4.79 Å². The van der Waals surface area contributed by atoms with Crippen molar-refractivity contribution in [2.45, 2.75) is 6.92 Å². The molecule has 0 saturated heterocycles. The average molecular weight is 215 g/mol. The molecule has 0 aliphatic carbocycles. The lowest BCUT2D eigenvalue weighted by atomic mass is 10.5. The first-order chi connectivity index (χ1) is 6.56. The van der Waals surface area contributed by atoms with E-state index in [0.717, 1.165) is 4.68 Å². The Kier molecular flexibility index (Phi) is 3.13. The number of aryl methyl sites for hydroxylation is 1. The SMILES string of the molecule is CCOC(=O)c1nn(C)c(=O)[nH]c1=S. The van der Waals surface area contributed by atoms with Gasteiger partial charge in [0, 0.05) is 7.05 Å². The molecule has 0 atom stereocenters. The maximum Gasteiger partial charge on any atom is 0.361 e. The van der Waals surface area contributed by atoms with Crippen LogP contribution in [-0.2, 0) is 11.8 Å². The molecule has 0 aromatic carbocycles. The highest BCUT2D eigenvalue weighted by Crippen LogP contribution is 1.95. The van der Waals surface area contributed by atoms with Crippen LogP contribution < -0.4 is 5.69 Å². The Morgan fingerprint density at radius 2 is 2.36 bits per heavy atom. The lowest BCUT2D eigenvalue weighted by Gasteiger charge is -2.01. The van der Waals surface area contributed by atoms with E-state index in [4.69, 9.17) is 17.0 Å². The number of nitrogens with one attached hydrogen (secondary N) is 1. The van der Waals surface area contributed by atoms with Gasteiger partial charge in [-0.3, -0.25) is 4.98 Å². The summed E-state index contributed by atoms with van der Waals surface area (Å²) in [6, 6.07) is 0. The third kappa shape index (κ3) is 2.05. The predicted molar refractivity (Wildman–Crippen MR) is 50.6 cm³/mol. The number of aromatic nitrogens is 3. The first kappa shape index (κ1) is 10.6. The summed E-state index contributed by atoms with van der Waals surface area (Å²) in [5.41, 5.74) is -0.521. The van der Waals surface area contributed by atoms with Crippen LogP contribution in [0.1, 0.15) is 17.4 Å². The fraction of sp³-hybridized carbons (Fsp3) is 0.429. The van der Waals surface area contributed by atoms with Crippen LogP contribution in [0.2, 0.25) is 0 Å². The van der Waals surface area contributed by atoms with Crippen molar-refractivity contribution >= 4 is 18.2 Å². The number of hydrogen-bond donors (Lipinski definition) is 1. The molecule has 0 aliphatic rings. The molecule has 0 bridgehead atoms. The topological polar surface area (TPSA) is 77.0 Å². The van der Waals surface area contributed by atoms with E-state index >= 15 is 0 Å². The van der Waals surface area contributed by atoms with E-state index in [0.29, 0.717) is 0 Å². The van der Waals surface area contributed by atoms with Crippen LogP contribution >= 0.6 is 12.2 Å². The number of rotatable bonds is 2. The Bertz CT molecular complexity index is 462. The first-order valence-corrected chi connectivity index (χ1v) is 4.31.